The standard InChI is InChI=1S/C20H20F2N4OS/c21-14-5-6-17-18(13-14)28-20(24-17)26-11-9-25(10-12-26)8-7-23-19(27)15-3-1-2-4-16(15)22/h1-6,13H,7-12H2,(H,23,27). The van der Waals surface area contributed by atoms with E-state index in [4.69, 9.17) is 0 Å². The fourth-order valence-corrected chi connectivity index (χ4v) is 4.29. The molecule has 1 N–H and O–H groups in total. The molecule has 1 fully saturated rings. The Labute approximate surface area is 165 Å². The van der Waals surface area contributed by atoms with Gasteiger partial charge in [-0.25, -0.2) is 13.8 Å². The largest absolute Gasteiger partial charge is 0.351 e. The highest BCUT2D eigenvalue weighted by molar-refractivity contribution is 7.22. The Kier molecular flexibility index (Phi) is 5.50. The highest BCUT2D eigenvalue weighted by Gasteiger charge is 2.20. The number of hydrogen-bond donors (Lipinski definition) is 1. The lowest BCUT2D eigenvalue weighted by molar-refractivity contribution is 0.0943. The zero-order valence-corrected chi connectivity index (χ0v) is 16.0. The van der Waals surface area contributed by atoms with Gasteiger partial charge in [0.1, 0.15) is 11.6 Å². The van der Waals surface area contributed by atoms with Crippen molar-refractivity contribution in [2.45, 2.75) is 0 Å². The monoisotopic (exact) mass is 402 g/mol. The van der Waals surface area contributed by atoms with E-state index in [1.54, 1.807) is 18.2 Å². The SMILES string of the molecule is O=C(NCCN1CCN(c2nc3ccc(F)cc3s2)CC1)c1ccccc1F. The molecule has 28 heavy (non-hydrogen) atoms. The normalized spacial score (nSPS) is 15.1. The van der Waals surface area contributed by atoms with E-state index in [0.717, 1.165) is 41.5 Å². The molecule has 0 radical (unpaired) electrons. The number of rotatable bonds is 5. The van der Waals surface area contributed by atoms with Gasteiger partial charge in [-0.05, 0) is 30.3 Å². The number of thiazole rings is 1. The Bertz CT molecular complexity index is 985. The van der Waals surface area contributed by atoms with Crippen LogP contribution in [0, 0.1) is 11.6 Å². The molecule has 2 aromatic carbocycles. The quantitative estimate of drug-likeness (QED) is 0.713. The van der Waals surface area contributed by atoms with Crippen molar-refractivity contribution in [3.63, 3.8) is 0 Å². The van der Waals surface area contributed by atoms with Crippen LogP contribution in [0.1, 0.15) is 10.4 Å². The third kappa shape index (κ3) is 4.13. The summed E-state index contributed by atoms with van der Waals surface area (Å²) < 4.78 is 27.8. The number of benzene rings is 2. The first-order valence-electron chi connectivity index (χ1n) is 9.16. The first-order valence-corrected chi connectivity index (χ1v) is 9.98. The van der Waals surface area contributed by atoms with Gasteiger partial charge in [-0.2, -0.15) is 0 Å². The molecule has 8 heteroatoms. The van der Waals surface area contributed by atoms with Crippen LogP contribution >= 0.6 is 11.3 Å². The Balaban J connectivity index is 1.26. The molecule has 146 valence electrons. The Morgan fingerprint density at radius 3 is 2.68 bits per heavy atom. The number of fused-ring (bicyclic) bond motifs is 1. The van der Waals surface area contributed by atoms with Gasteiger partial charge >= 0.3 is 0 Å². The maximum Gasteiger partial charge on any atom is 0.254 e. The fraction of sp³-hybridized carbons (Fsp3) is 0.300. The molecule has 0 bridgehead atoms. The summed E-state index contributed by atoms with van der Waals surface area (Å²) >= 11 is 1.50. The topological polar surface area (TPSA) is 48.5 Å². The summed E-state index contributed by atoms with van der Waals surface area (Å²) in [6.45, 7) is 4.51. The van der Waals surface area contributed by atoms with Crippen LogP contribution in [0.4, 0.5) is 13.9 Å². The van der Waals surface area contributed by atoms with Crippen molar-refractivity contribution in [1.82, 2.24) is 15.2 Å². The van der Waals surface area contributed by atoms with Crippen molar-refractivity contribution in [3.05, 3.63) is 59.7 Å². The van der Waals surface area contributed by atoms with E-state index >= 15 is 0 Å². The number of aromatic nitrogens is 1. The molecule has 1 saturated heterocycles. The molecule has 1 aliphatic heterocycles. The van der Waals surface area contributed by atoms with Gasteiger partial charge in [0.15, 0.2) is 5.13 Å². The maximum absolute atomic E-state index is 13.6. The minimum atomic E-state index is -0.510. The number of carbonyl (C=O) groups is 1. The molecular weight excluding hydrogens is 382 g/mol. The summed E-state index contributed by atoms with van der Waals surface area (Å²) in [4.78, 5) is 21.1. The van der Waals surface area contributed by atoms with E-state index in [-0.39, 0.29) is 11.4 Å². The Morgan fingerprint density at radius 2 is 1.89 bits per heavy atom. The third-order valence-electron chi connectivity index (χ3n) is 4.81. The second kappa shape index (κ2) is 8.20. The van der Waals surface area contributed by atoms with Gasteiger partial charge in [0, 0.05) is 39.3 Å². The number of amides is 1. The van der Waals surface area contributed by atoms with E-state index in [9.17, 15) is 13.6 Å². The maximum atomic E-state index is 13.6. The summed E-state index contributed by atoms with van der Waals surface area (Å²) in [7, 11) is 0. The van der Waals surface area contributed by atoms with Crippen LogP contribution in [0.2, 0.25) is 0 Å². The summed E-state index contributed by atoms with van der Waals surface area (Å²) in [5.41, 5.74) is 0.888. The van der Waals surface area contributed by atoms with Crippen molar-refractivity contribution in [1.29, 1.82) is 0 Å². The van der Waals surface area contributed by atoms with Crippen molar-refractivity contribution >= 4 is 32.6 Å². The molecule has 0 unspecified atom stereocenters. The van der Waals surface area contributed by atoms with E-state index in [1.165, 1.54) is 35.6 Å². The molecular formula is C20H20F2N4OS. The van der Waals surface area contributed by atoms with Crippen molar-refractivity contribution < 1.29 is 13.6 Å². The molecule has 0 aliphatic carbocycles. The van der Waals surface area contributed by atoms with Gasteiger partial charge in [0.2, 0.25) is 0 Å². The van der Waals surface area contributed by atoms with Gasteiger partial charge < -0.3 is 10.2 Å². The summed E-state index contributed by atoms with van der Waals surface area (Å²) in [5.74, 6) is -1.15. The minimum absolute atomic E-state index is 0.0691. The number of anilines is 1. The molecule has 3 aromatic rings. The second-order valence-corrected chi connectivity index (χ2v) is 7.68. The summed E-state index contributed by atoms with van der Waals surface area (Å²) in [5, 5.41) is 3.68. The molecule has 5 nitrogen and oxygen atoms in total. The highest BCUT2D eigenvalue weighted by atomic mass is 32.1. The van der Waals surface area contributed by atoms with Gasteiger partial charge in [0.05, 0.1) is 15.8 Å². The molecule has 4 rings (SSSR count). The van der Waals surface area contributed by atoms with Crippen LogP contribution in [0.15, 0.2) is 42.5 Å². The van der Waals surface area contributed by atoms with Gasteiger partial charge in [-0.1, -0.05) is 23.5 Å². The highest BCUT2D eigenvalue weighted by Crippen LogP contribution is 2.29. The zero-order chi connectivity index (χ0) is 19.5. The molecule has 0 spiro atoms. The number of nitrogens with one attached hydrogen (secondary N) is 1. The fourth-order valence-electron chi connectivity index (χ4n) is 3.25. The van der Waals surface area contributed by atoms with Crippen molar-refractivity contribution in [2.24, 2.45) is 0 Å². The van der Waals surface area contributed by atoms with Crippen molar-refractivity contribution in [3.8, 4) is 0 Å². The average molecular weight is 402 g/mol. The molecule has 0 atom stereocenters. The molecule has 1 aliphatic rings. The third-order valence-corrected chi connectivity index (χ3v) is 5.89. The smallest absolute Gasteiger partial charge is 0.254 e. The average Bonchev–Trinajstić information content (AvgIpc) is 3.12. The van der Waals surface area contributed by atoms with E-state index in [2.05, 4.69) is 20.1 Å². The lowest BCUT2D eigenvalue weighted by Gasteiger charge is -2.34. The Hall–Kier alpha value is -2.58. The minimum Gasteiger partial charge on any atom is -0.351 e. The van der Waals surface area contributed by atoms with Crippen LogP contribution < -0.4 is 10.2 Å². The van der Waals surface area contributed by atoms with Crippen LogP contribution in [-0.2, 0) is 0 Å². The van der Waals surface area contributed by atoms with E-state index in [0.29, 0.717) is 13.1 Å². The Morgan fingerprint density at radius 1 is 1.11 bits per heavy atom. The first kappa shape index (κ1) is 18.8. The second-order valence-electron chi connectivity index (χ2n) is 6.67. The summed E-state index contributed by atoms with van der Waals surface area (Å²) in [6.07, 6.45) is 0. The first-order chi connectivity index (χ1) is 13.6. The molecule has 1 amide bonds. The predicted molar refractivity (Wildman–Crippen MR) is 107 cm³/mol. The lowest BCUT2D eigenvalue weighted by Crippen LogP contribution is -2.48. The van der Waals surface area contributed by atoms with Crippen molar-refractivity contribution in [2.75, 3.05) is 44.2 Å². The van der Waals surface area contributed by atoms with E-state index < -0.39 is 11.7 Å². The van der Waals surface area contributed by atoms with Crippen LogP contribution in [-0.4, -0.2) is 55.1 Å². The molecule has 0 saturated carbocycles. The van der Waals surface area contributed by atoms with Gasteiger partial charge in [-0.15, -0.1) is 0 Å². The number of nitrogens with zero attached hydrogens (tertiary/aromatic N) is 3. The van der Waals surface area contributed by atoms with E-state index in [1.807, 2.05) is 0 Å². The predicted octanol–water partition coefficient (Wildman–Crippen LogP) is 3.13. The van der Waals surface area contributed by atoms with Gasteiger partial charge in [-0.3, -0.25) is 9.69 Å². The number of hydrogen-bond acceptors (Lipinski definition) is 5. The number of carbonyl (C=O) groups excluding carboxylic acids is 1. The molecule has 2 heterocycles. The number of halogens is 2. The lowest BCUT2D eigenvalue weighted by atomic mass is 10.2. The van der Waals surface area contributed by atoms with Crippen LogP contribution in [0.25, 0.3) is 10.2 Å². The molecule has 1 aromatic heterocycles. The zero-order valence-electron chi connectivity index (χ0n) is 15.2. The summed E-state index contributed by atoms with van der Waals surface area (Å²) in [6, 6.07) is 10.6. The van der Waals surface area contributed by atoms with Crippen LogP contribution in [0.5, 0.6) is 0 Å². The van der Waals surface area contributed by atoms with Crippen LogP contribution in [0.3, 0.4) is 0 Å². The van der Waals surface area contributed by atoms with Gasteiger partial charge in [0.25, 0.3) is 5.91 Å². The number of piperazine rings is 1.